The van der Waals surface area contributed by atoms with Crippen LogP contribution in [-0.2, 0) is 6.42 Å². The second-order valence-corrected chi connectivity index (χ2v) is 9.78. The topological polar surface area (TPSA) is 91.8 Å². The molecule has 1 aliphatic rings. The molecule has 4 N–H and O–H groups in total. The Bertz CT molecular complexity index is 946. The Labute approximate surface area is 209 Å². The zero-order valence-corrected chi connectivity index (χ0v) is 21.6. The maximum absolute atomic E-state index is 12.4. The first-order valence-corrected chi connectivity index (χ1v) is 12.8. The lowest BCUT2D eigenvalue weighted by Crippen LogP contribution is -2.36. The maximum atomic E-state index is 12.4. The molecule has 0 bridgehead atoms. The van der Waals surface area contributed by atoms with Crippen LogP contribution in [0.4, 0.5) is 10.5 Å². The summed E-state index contributed by atoms with van der Waals surface area (Å²) in [5, 5.41) is 20.6. The van der Waals surface area contributed by atoms with Crippen LogP contribution >= 0.6 is 0 Å². The van der Waals surface area contributed by atoms with E-state index in [2.05, 4.69) is 28.1 Å². The summed E-state index contributed by atoms with van der Waals surface area (Å²) < 4.78 is 11.3. The molecule has 35 heavy (non-hydrogen) atoms. The lowest BCUT2D eigenvalue weighted by atomic mass is 9.98. The van der Waals surface area contributed by atoms with E-state index < -0.39 is 6.10 Å². The summed E-state index contributed by atoms with van der Waals surface area (Å²) in [5.74, 6) is 1.55. The fraction of sp³-hybridized carbons (Fsp3) is 0.536. The van der Waals surface area contributed by atoms with Gasteiger partial charge in [-0.2, -0.15) is 0 Å². The van der Waals surface area contributed by atoms with E-state index in [1.54, 1.807) is 6.07 Å². The quantitative estimate of drug-likeness (QED) is 0.353. The monoisotopic (exact) mass is 483 g/mol. The van der Waals surface area contributed by atoms with Crippen LogP contribution in [0.2, 0.25) is 0 Å². The third-order valence-corrected chi connectivity index (χ3v) is 6.06. The molecule has 2 aromatic rings. The number of rotatable bonds is 11. The Balaban J connectivity index is 1.61. The average Bonchev–Trinajstić information content (AvgIpc) is 3.27. The zero-order valence-electron chi connectivity index (χ0n) is 21.6. The summed E-state index contributed by atoms with van der Waals surface area (Å²) in [7, 11) is 0. The maximum Gasteiger partial charge on any atom is 0.319 e. The lowest BCUT2D eigenvalue weighted by Gasteiger charge is -2.24. The molecular weight excluding hydrogens is 442 g/mol. The standard InChI is InChI=1S/C28H41N3O4/c1-6-34-23-14-15-24(26(17-23)31-28(33)29-18(2)3)27(32)25-16-11-21(30-25)10-7-20-8-12-22(13-9-20)35-19(4)5/h8-9,12-15,17-19,21,25,27,30,32H,6-7,10-11,16H2,1-5H3,(H2,29,31,33). The molecule has 1 fully saturated rings. The van der Waals surface area contributed by atoms with E-state index in [-0.39, 0.29) is 24.2 Å². The molecule has 1 aliphatic heterocycles. The predicted octanol–water partition coefficient (Wildman–Crippen LogP) is 5.19. The van der Waals surface area contributed by atoms with Crippen molar-refractivity contribution < 1.29 is 19.4 Å². The minimum atomic E-state index is -0.738. The summed E-state index contributed by atoms with van der Waals surface area (Å²) in [6.45, 7) is 10.3. The highest BCUT2D eigenvalue weighted by atomic mass is 16.5. The normalized spacial score (nSPS) is 18.5. The summed E-state index contributed by atoms with van der Waals surface area (Å²) in [4.78, 5) is 12.4. The van der Waals surface area contributed by atoms with Crippen molar-refractivity contribution in [1.82, 2.24) is 10.6 Å². The first-order chi connectivity index (χ1) is 16.7. The van der Waals surface area contributed by atoms with Gasteiger partial charge in [0.2, 0.25) is 0 Å². The second kappa shape index (κ2) is 12.8. The summed E-state index contributed by atoms with van der Waals surface area (Å²) >= 11 is 0. The number of nitrogens with one attached hydrogen (secondary N) is 3. The molecule has 2 amide bonds. The molecule has 3 rings (SSSR count). The van der Waals surface area contributed by atoms with Crippen molar-refractivity contribution in [2.24, 2.45) is 0 Å². The number of amides is 2. The number of carbonyl (C=O) groups is 1. The molecule has 0 saturated carbocycles. The van der Waals surface area contributed by atoms with Crippen LogP contribution < -0.4 is 25.4 Å². The van der Waals surface area contributed by atoms with Crippen LogP contribution in [0.15, 0.2) is 42.5 Å². The number of benzene rings is 2. The number of ether oxygens (including phenoxy) is 2. The number of hydrogen-bond donors (Lipinski definition) is 4. The van der Waals surface area contributed by atoms with Crippen LogP contribution in [0, 0.1) is 0 Å². The summed E-state index contributed by atoms with van der Waals surface area (Å²) in [6.07, 6.45) is 3.27. The molecule has 1 saturated heterocycles. The largest absolute Gasteiger partial charge is 0.494 e. The Morgan fingerprint density at radius 3 is 2.46 bits per heavy atom. The van der Waals surface area contributed by atoms with Crippen LogP contribution in [0.3, 0.4) is 0 Å². The van der Waals surface area contributed by atoms with Crippen LogP contribution in [0.25, 0.3) is 0 Å². The van der Waals surface area contributed by atoms with Gasteiger partial charge in [-0.3, -0.25) is 0 Å². The van der Waals surface area contributed by atoms with Gasteiger partial charge in [-0.05, 0) is 84.1 Å². The number of aliphatic hydroxyl groups is 1. The average molecular weight is 484 g/mol. The molecule has 3 unspecified atom stereocenters. The lowest BCUT2D eigenvalue weighted by molar-refractivity contribution is 0.135. The van der Waals surface area contributed by atoms with Crippen LogP contribution in [0.1, 0.15) is 71.1 Å². The van der Waals surface area contributed by atoms with Gasteiger partial charge in [-0.25, -0.2) is 4.79 Å². The van der Waals surface area contributed by atoms with E-state index in [1.807, 2.05) is 58.9 Å². The van der Waals surface area contributed by atoms with Crippen LogP contribution in [0.5, 0.6) is 11.5 Å². The number of aliphatic hydroxyl groups excluding tert-OH is 1. The second-order valence-electron chi connectivity index (χ2n) is 9.78. The van der Waals surface area contributed by atoms with Gasteiger partial charge in [0.05, 0.1) is 24.5 Å². The van der Waals surface area contributed by atoms with Crippen molar-refractivity contribution in [3.05, 3.63) is 53.6 Å². The Morgan fingerprint density at radius 1 is 1.09 bits per heavy atom. The SMILES string of the molecule is CCOc1ccc(C(O)C2CCC(CCc3ccc(OC(C)C)cc3)N2)c(NC(=O)NC(C)C)c1. The van der Waals surface area contributed by atoms with Crippen molar-refractivity contribution in [3.63, 3.8) is 0 Å². The molecule has 0 radical (unpaired) electrons. The highest BCUT2D eigenvalue weighted by molar-refractivity contribution is 5.90. The molecule has 3 atom stereocenters. The van der Waals surface area contributed by atoms with Gasteiger partial charge >= 0.3 is 6.03 Å². The number of carbonyl (C=O) groups excluding carboxylic acids is 1. The molecule has 192 valence electrons. The molecule has 0 aliphatic carbocycles. The third kappa shape index (κ3) is 8.15. The number of hydrogen-bond acceptors (Lipinski definition) is 5. The number of aryl methyl sites for hydroxylation is 1. The van der Waals surface area contributed by atoms with Gasteiger partial charge in [0.15, 0.2) is 0 Å². The van der Waals surface area contributed by atoms with E-state index in [4.69, 9.17) is 9.47 Å². The molecule has 0 spiro atoms. The van der Waals surface area contributed by atoms with Gasteiger partial charge < -0.3 is 30.5 Å². The third-order valence-electron chi connectivity index (χ3n) is 6.06. The molecule has 0 aromatic heterocycles. The van der Waals surface area contributed by atoms with Crippen molar-refractivity contribution in [1.29, 1.82) is 0 Å². The van der Waals surface area contributed by atoms with Crippen molar-refractivity contribution in [2.45, 2.75) is 90.6 Å². The predicted molar refractivity (Wildman–Crippen MR) is 140 cm³/mol. The molecule has 2 aromatic carbocycles. The highest BCUT2D eigenvalue weighted by Gasteiger charge is 2.31. The minimum Gasteiger partial charge on any atom is -0.494 e. The van der Waals surface area contributed by atoms with Gasteiger partial charge in [-0.15, -0.1) is 0 Å². The summed E-state index contributed by atoms with van der Waals surface area (Å²) in [6, 6.07) is 13.7. The molecular formula is C28H41N3O4. The Hall–Kier alpha value is -2.77. The van der Waals surface area contributed by atoms with E-state index in [0.717, 1.165) is 31.4 Å². The summed E-state index contributed by atoms with van der Waals surface area (Å²) in [5.41, 5.74) is 2.53. The van der Waals surface area contributed by atoms with Gasteiger partial charge in [-0.1, -0.05) is 18.2 Å². The molecule has 7 nitrogen and oxygen atoms in total. The van der Waals surface area contributed by atoms with Gasteiger partial charge in [0.1, 0.15) is 11.5 Å². The fourth-order valence-corrected chi connectivity index (χ4v) is 4.47. The first-order valence-electron chi connectivity index (χ1n) is 12.8. The molecule has 7 heteroatoms. The highest BCUT2D eigenvalue weighted by Crippen LogP contribution is 2.33. The van der Waals surface area contributed by atoms with E-state index in [0.29, 0.717) is 29.6 Å². The fourth-order valence-electron chi connectivity index (χ4n) is 4.47. The Morgan fingerprint density at radius 2 is 1.80 bits per heavy atom. The minimum absolute atomic E-state index is 0.00893. The Kier molecular flexibility index (Phi) is 9.81. The van der Waals surface area contributed by atoms with Crippen molar-refractivity contribution in [2.75, 3.05) is 11.9 Å². The molecule has 1 heterocycles. The van der Waals surface area contributed by atoms with Crippen LogP contribution in [-0.4, -0.2) is 42.0 Å². The van der Waals surface area contributed by atoms with E-state index >= 15 is 0 Å². The van der Waals surface area contributed by atoms with Crippen molar-refractivity contribution >= 4 is 11.7 Å². The number of urea groups is 1. The first kappa shape index (κ1) is 26.8. The van der Waals surface area contributed by atoms with Crippen molar-refractivity contribution in [3.8, 4) is 11.5 Å². The smallest absolute Gasteiger partial charge is 0.319 e. The zero-order chi connectivity index (χ0) is 25.4. The van der Waals surface area contributed by atoms with Gasteiger partial charge in [0, 0.05) is 29.8 Å². The van der Waals surface area contributed by atoms with Gasteiger partial charge in [0.25, 0.3) is 0 Å². The van der Waals surface area contributed by atoms with E-state index in [9.17, 15) is 9.90 Å². The number of anilines is 1. The van der Waals surface area contributed by atoms with E-state index in [1.165, 1.54) is 5.56 Å².